The Hall–Kier alpha value is -0.830. The second kappa shape index (κ2) is 7.26. The van der Waals surface area contributed by atoms with Crippen molar-refractivity contribution in [2.75, 3.05) is 11.4 Å². The summed E-state index contributed by atoms with van der Waals surface area (Å²) in [6.07, 6.45) is 8.59. The van der Waals surface area contributed by atoms with Crippen molar-refractivity contribution in [2.24, 2.45) is 0 Å². The molecule has 0 N–H and O–H groups in total. The lowest BCUT2D eigenvalue weighted by atomic mass is 9.94. The number of rotatable bonds is 5. The molecule has 0 spiro atoms. The summed E-state index contributed by atoms with van der Waals surface area (Å²) in [4.78, 5) is 11.7. The summed E-state index contributed by atoms with van der Waals surface area (Å²) >= 11 is 6.13. The fourth-order valence-electron chi connectivity index (χ4n) is 3.06. The highest BCUT2D eigenvalue weighted by molar-refractivity contribution is 6.17. The van der Waals surface area contributed by atoms with Gasteiger partial charge in [-0.1, -0.05) is 33.1 Å². The van der Waals surface area contributed by atoms with Crippen molar-refractivity contribution in [3.63, 3.8) is 0 Å². The van der Waals surface area contributed by atoms with Crippen molar-refractivity contribution < 1.29 is 0 Å². The fraction of sp³-hybridized carbons (Fsp3) is 0.750. The van der Waals surface area contributed by atoms with Crippen LogP contribution in [0.15, 0.2) is 6.20 Å². The number of hydrogen-bond acceptors (Lipinski definition) is 3. The lowest BCUT2D eigenvalue weighted by molar-refractivity contribution is 0.417. The van der Waals surface area contributed by atoms with Gasteiger partial charge >= 0.3 is 0 Å². The quantitative estimate of drug-likeness (QED) is 0.749. The molecule has 1 aromatic rings. The van der Waals surface area contributed by atoms with E-state index in [-0.39, 0.29) is 0 Å². The van der Waals surface area contributed by atoms with E-state index in [0.29, 0.717) is 17.8 Å². The van der Waals surface area contributed by atoms with Gasteiger partial charge in [0.25, 0.3) is 0 Å². The first-order valence-corrected chi connectivity index (χ1v) is 8.39. The van der Waals surface area contributed by atoms with Crippen molar-refractivity contribution in [1.29, 1.82) is 0 Å². The Morgan fingerprint density at radius 3 is 2.55 bits per heavy atom. The second-order valence-corrected chi connectivity index (χ2v) is 6.19. The molecule has 0 unspecified atom stereocenters. The molecule has 0 aliphatic heterocycles. The molecular weight excluding hydrogens is 270 g/mol. The molecule has 20 heavy (non-hydrogen) atoms. The van der Waals surface area contributed by atoms with E-state index in [1.54, 1.807) is 0 Å². The first-order valence-electron chi connectivity index (χ1n) is 7.85. The largest absolute Gasteiger partial charge is 0.366 e. The number of nitrogens with zero attached hydrogens (tertiary/aromatic N) is 3. The summed E-state index contributed by atoms with van der Waals surface area (Å²) in [5.41, 5.74) is 2.12. The smallest absolute Gasteiger partial charge is 0.131 e. The third-order valence-electron chi connectivity index (χ3n) is 4.17. The molecule has 0 saturated heterocycles. The van der Waals surface area contributed by atoms with Crippen molar-refractivity contribution >= 4 is 17.3 Å². The molecule has 2 rings (SSSR count). The Bertz CT molecular complexity index is 428. The van der Waals surface area contributed by atoms with Gasteiger partial charge in [-0.05, 0) is 19.8 Å². The van der Waals surface area contributed by atoms with Crippen LogP contribution in [0, 0.1) is 0 Å². The zero-order valence-electron chi connectivity index (χ0n) is 12.9. The number of hydrogen-bond donors (Lipinski definition) is 0. The molecule has 3 nitrogen and oxygen atoms in total. The van der Waals surface area contributed by atoms with Gasteiger partial charge in [-0.15, -0.1) is 11.6 Å². The summed E-state index contributed by atoms with van der Waals surface area (Å²) < 4.78 is 0. The maximum absolute atomic E-state index is 6.13. The monoisotopic (exact) mass is 295 g/mol. The average Bonchev–Trinajstić information content (AvgIpc) is 2.49. The van der Waals surface area contributed by atoms with Gasteiger partial charge in [-0.25, -0.2) is 9.97 Å². The van der Waals surface area contributed by atoms with E-state index < -0.39 is 0 Å². The maximum Gasteiger partial charge on any atom is 0.131 e. The summed E-state index contributed by atoms with van der Waals surface area (Å²) in [6.45, 7) is 7.44. The summed E-state index contributed by atoms with van der Waals surface area (Å²) in [6, 6.07) is 0.629. The van der Waals surface area contributed by atoms with Gasteiger partial charge in [-0.2, -0.15) is 0 Å². The van der Waals surface area contributed by atoms with Crippen LogP contribution in [0.5, 0.6) is 0 Å². The van der Waals surface area contributed by atoms with E-state index in [1.165, 1.54) is 32.1 Å². The first-order chi connectivity index (χ1) is 9.67. The third kappa shape index (κ3) is 3.43. The average molecular weight is 296 g/mol. The van der Waals surface area contributed by atoms with E-state index in [1.807, 2.05) is 6.20 Å². The predicted octanol–water partition coefficient (Wildman–Crippen LogP) is 4.50. The summed E-state index contributed by atoms with van der Waals surface area (Å²) in [5.74, 6) is 1.70. The lowest BCUT2D eigenvalue weighted by Gasteiger charge is -2.36. The topological polar surface area (TPSA) is 29.0 Å². The van der Waals surface area contributed by atoms with E-state index in [4.69, 9.17) is 11.6 Å². The Morgan fingerprint density at radius 1 is 1.30 bits per heavy atom. The molecule has 0 atom stereocenters. The summed E-state index contributed by atoms with van der Waals surface area (Å²) in [5, 5.41) is 0. The Morgan fingerprint density at radius 2 is 2.00 bits per heavy atom. The number of aromatic nitrogens is 2. The minimum absolute atomic E-state index is 0.343. The molecule has 4 heteroatoms. The van der Waals surface area contributed by atoms with E-state index in [2.05, 4.69) is 35.6 Å². The molecule has 1 aliphatic rings. The lowest BCUT2D eigenvalue weighted by Crippen LogP contribution is -2.37. The van der Waals surface area contributed by atoms with Crippen LogP contribution in [0.3, 0.4) is 0 Å². The third-order valence-corrected chi connectivity index (χ3v) is 4.43. The summed E-state index contributed by atoms with van der Waals surface area (Å²) in [7, 11) is 0. The Kier molecular flexibility index (Phi) is 5.64. The van der Waals surface area contributed by atoms with E-state index in [9.17, 15) is 0 Å². The predicted molar refractivity (Wildman–Crippen MR) is 85.6 cm³/mol. The second-order valence-electron chi connectivity index (χ2n) is 5.93. The van der Waals surface area contributed by atoms with Crippen LogP contribution < -0.4 is 4.90 Å². The molecule has 0 amide bonds. The molecule has 1 heterocycles. The van der Waals surface area contributed by atoms with Crippen molar-refractivity contribution in [3.05, 3.63) is 17.7 Å². The van der Waals surface area contributed by atoms with Crippen LogP contribution in [0.2, 0.25) is 0 Å². The SMILES string of the molecule is CCN(c1cnc(C(C)C)nc1CCl)C1CCCCC1. The van der Waals surface area contributed by atoms with Gasteiger partial charge in [0.15, 0.2) is 0 Å². The molecule has 0 bridgehead atoms. The van der Waals surface area contributed by atoms with Crippen LogP contribution in [-0.4, -0.2) is 22.6 Å². The van der Waals surface area contributed by atoms with Gasteiger partial charge in [0, 0.05) is 18.5 Å². The molecule has 0 aromatic carbocycles. The zero-order chi connectivity index (χ0) is 14.5. The van der Waals surface area contributed by atoms with Crippen LogP contribution >= 0.6 is 11.6 Å². The Balaban J connectivity index is 2.28. The number of halogens is 1. The van der Waals surface area contributed by atoms with Gasteiger partial charge in [-0.3, -0.25) is 0 Å². The highest BCUT2D eigenvalue weighted by atomic mass is 35.5. The van der Waals surface area contributed by atoms with Gasteiger partial charge in [0.1, 0.15) is 5.82 Å². The number of anilines is 1. The molecule has 1 aromatic heterocycles. The minimum Gasteiger partial charge on any atom is -0.366 e. The van der Waals surface area contributed by atoms with Crippen molar-refractivity contribution in [1.82, 2.24) is 9.97 Å². The molecule has 0 radical (unpaired) electrons. The van der Waals surface area contributed by atoms with Crippen molar-refractivity contribution in [2.45, 2.75) is 70.7 Å². The zero-order valence-corrected chi connectivity index (χ0v) is 13.7. The minimum atomic E-state index is 0.343. The van der Waals surface area contributed by atoms with Gasteiger partial charge < -0.3 is 4.90 Å². The van der Waals surface area contributed by atoms with Crippen LogP contribution in [0.1, 0.15) is 70.3 Å². The van der Waals surface area contributed by atoms with Crippen LogP contribution in [0.4, 0.5) is 5.69 Å². The van der Waals surface area contributed by atoms with Gasteiger partial charge in [0.2, 0.25) is 0 Å². The number of alkyl halides is 1. The molecular formula is C16H26ClN3. The molecule has 112 valence electrons. The van der Waals surface area contributed by atoms with E-state index >= 15 is 0 Å². The van der Waals surface area contributed by atoms with Gasteiger partial charge in [0.05, 0.1) is 23.5 Å². The highest BCUT2D eigenvalue weighted by Gasteiger charge is 2.23. The van der Waals surface area contributed by atoms with Crippen molar-refractivity contribution in [3.8, 4) is 0 Å². The van der Waals surface area contributed by atoms with E-state index in [0.717, 1.165) is 23.8 Å². The first kappa shape index (κ1) is 15.6. The fourth-order valence-corrected chi connectivity index (χ4v) is 3.26. The molecule has 1 fully saturated rings. The maximum atomic E-state index is 6.13. The highest BCUT2D eigenvalue weighted by Crippen LogP contribution is 2.29. The molecule has 1 aliphatic carbocycles. The normalized spacial score (nSPS) is 16.6. The van der Waals surface area contributed by atoms with Crippen LogP contribution in [-0.2, 0) is 5.88 Å². The van der Waals surface area contributed by atoms with Crippen LogP contribution in [0.25, 0.3) is 0 Å². The Labute approximate surface area is 127 Å². The molecule has 1 saturated carbocycles. The standard InChI is InChI=1S/C16H26ClN3/c1-4-20(13-8-6-5-7-9-13)15-11-18-16(12(2)3)19-14(15)10-17/h11-13H,4-10H2,1-3H3.